The van der Waals surface area contributed by atoms with Gasteiger partial charge in [0.05, 0.1) is 19.8 Å². The molecule has 0 bridgehead atoms. The summed E-state index contributed by atoms with van der Waals surface area (Å²) in [4.78, 5) is 10.2. The van der Waals surface area contributed by atoms with Crippen molar-refractivity contribution in [3.8, 4) is 0 Å². The molecule has 0 saturated carbocycles. The smallest absolute Gasteiger partial charge is 0.332 e. The number of methoxy groups -OCH3 is 1. The third-order valence-electron chi connectivity index (χ3n) is 1.62. The predicted molar refractivity (Wildman–Crippen MR) is 58.3 cm³/mol. The first-order chi connectivity index (χ1) is 7.18. The van der Waals surface area contributed by atoms with Gasteiger partial charge in [-0.1, -0.05) is 0 Å². The van der Waals surface area contributed by atoms with Crippen LogP contribution in [0.5, 0.6) is 0 Å². The standard InChI is InChI=1S/C9H18O5S/c1-13-3-4-14-5-7-15-6-2-8(10)9(11)12/h8,10H,2-7H2,1H3,(H,11,12). The van der Waals surface area contributed by atoms with Crippen molar-refractivity contribution in [3.63, 3.8) is 0 Å². The second kappa shape index (κ2) is 10.2. The highest BCUT2D eigenvalue weighted by molar-refractivity contribution is 7.99. The second-order valence-corrected chi connectivity index (χ2v) is 4.08. The molecule has 0 aliphatic heterocycles. The molecule has 6 heteroatoms. The molecule has 5 nitrogen and oxygen atoms in total. The van der Waals surface area contributed by atoms with E-state index in [1.807, 2.05) is 0 Å². The number of carboxylic acid groups (broad SMARTS) is 1. The van der Waals surface area contributed by atoms with Gasteiger partial charge in [-0.2, -0.15) is 11.8 Å². The maximum Gasteiger partial charge on any atom is 0.332 e. The fourth-order valence-corrected chi connectivity index (χ4v) is 1.61. The summed E-state index contributed by atoms with van der Waals surface area (Å²) in [6, 6.07) is 0. The number of hydrogen-bond donors (Lipinski definition) is 2. The zero-order chi connectivity index (χ0) is 11.5. The molecule has 0 aromatic rings. The Morgan fingerprint density at radius 2 is 2.07 bits per heavy atom. The van der Waals surface area contributed by atoms with Crippen molar-refractivity contribution >= 4 is 17.7 Å². The van der Waals surface area contributed by atoms with Crippen molar-refractivity contribution in [2.75, 3.05) is 38.4 Å². The first-order valence-electron chi connectivity index (χ1n) is 4.73. The first kappa shape index (κ1) is 14.7. The highest BCUT2D eigenvalue weighted by Gasteiger charge is 2.11. The topological polar surface area (TPSA) is 76.0 Å². The molecule has 1 unspecified atom stereocenters. The number of aliphatic hydroxyl groups excluding tert-OH is 1. The van der Waals surface area contributed by atoms with E-state index in [2.05, 4.69) is 0 Å². The van der Waals surface area contributed by atoms with E-state index in [-0.39, 0.29) is 6.42 Å². The summed E-state index contributed by atoms with van der Waals surface area (Å²) < 4.78 is 10.0. The van der Waals surface area contributed by atoms with Crippen molar-refractivity contribution in [1.82, 2.24) is 0 Å². The van der Waals surface area contributed by atoms with Gasteiger partial charge in [-0.15, -0.1) is 0 Å². The van der Waals surface area contributed by atoms with Gasteiger partial charge in [0, 0.05) is 12.9 Å². The first-order valence-corrected chi connectivity index (χ1v) is 5.89. The fourth-order valence-electron chi connectivity index (χ4n) is 0.783. The molecule has 1 atom stereocenters. The van der Waals surface area contributed by atoms with Crippen LogP contribution in [0.3, 0.4) is 0 Å². The van der Waals surface area contributed by atoms with Gasteiger partial charge in [-0.3, -0.25) is 0 Å². The van der Waals surface area contributed by atoms with E-state index < -0.39 is 12.1 Å². The number of carboxylic acids is 1. The van der Waals surface area contributed by atoms with Gasteiger partial charge >= 0.3 is 5.97 Å². The Morgan fingerprint density at radius 1 is 1.33 bits per heavy atom. The van der Waals surface area contributed by atoms with Crippen LogP contribution in [0.2, 0.25) is 0 Å². The van der Waals surface area contributed by atoms with E-state index in [9.17, 15) is 4.79 Å². The average Bonchev–Trinajstić information content (AvgIpc) is 2.21. The quantitative estimate of drug-likeness (QED) is 0.530. The van der Waals surface area contributed by atoms with Crippen LogP contribution in [0, 0.1) is 0 Å². The Balaban J connectivity index is 3.08. The lowest BCUT2D eigenvalue weighted by atomic mass is 10.3. The zero-order valence-electron chi connectivity index (χ0n) is 8.85. The molecule has 0 aromatic heterocycles. The van der Waals surface area contributed by atoms with Gasteiger partial charge in [-0.05, 0) is 12.2 Å². The van der Waals surface area contributed by atoms with Crippen LogP contribution >= 0.6 is 11.8 Å². The Bertz CT molecular complexity index is 165. The number of carbonyl (C=O) groups is 1. The summed E-state index contributed by atoms with van der Waals surface area (Å²) in [5.74, 6) is 0.267. The Labute approximate surface area is 93.8 Å². The summed E-state index contributed by atoms with van der Waals surface area (Å²) in [6.45, 7) is 1.79. The van der Waals surface area contributed by atoms with Gasteiger partial charge in [-0.25, -0.2) is 4.79 Å². The summed E-state index contributed by atoms with van der Waals surface area (Å²) in [5.41, 5.74) is 0. The Morgan fingerprint density at radius 3 is 2.67 bits per heavy atom. The lowest BCUT2D eigenvalue weighted by Gasteiger charge is -2.05. The van der Waals surface area contributed by atoms with Crippen LogP contribution < -0.4 is 0 Å². The molecule has 90 valence electrons. The van der Waals surface area contributed by atoms with E-state index in [1.54, 1.807) is 18.9 Å². The molecule has 0 amide bonds. The van der Waals surface area contributed by atoms with E-state index in [0.29, 0.717) is 25.6 Å². The number of ether oxygens (including phenoxy) is 2. The molecule has 0 fully saturated rings. The molecule has 0 spiro atoms. The lowest BCUT2D eigenvalue weighted by Crippen LogP contribution is -2.20. The molecule has 0 saturated heterocycles. The highest BCUT2D eigenvalue weighted by atomic mass is 32.2. The number of hydrogen-bond acceptors (Lipinski definition) is 5. The minimum Gasteiger partial charge on any atom is -0.479 e. The van der Waals surface area contributed by atoms with Crippen molar-refractivity contribution in [1.29, 1.82) is 0 Å². The summed E-state index contributed by atoms with van der Waals surface area (Å²) >= 11 is 1.57. The van der Waals surface area contributed by atoms with E-state index in [4.69, 9.17) is 19.7 Å². The number of aliphatic hydroxyl groups is 1. The molecule has 0 heterocycles. The minimum atomic E-state index is -1.24. The summed E-state index contributed by atoms with van der Waals surface area (Å²) in [7, 11) is 1.62. The average molecular weight is 238 g/mol. The maximum atomic E-state index is 10.2. The zero-order valence-corrected chi connectivity index (χ0v) is 9.66. The van der Waals surface area contributed by atoms with Crippen molar-refractivity contribution in [3.05, 3.63) is 0 Å². The van der Waals surface area contributed by atoms with Crippen LogP contribution in [0.4, 0.5) is 0 Å². The van der Waals surface area contributed by atoms with E-state index in [1.165, 1.54) is 0 Å². The molecule has 0 aromatic carbocycles. The predicted octanol–water partition coefficient (Wildman–Crippen LogP) is 0.218. The van der Waals surface area contributed by atoms with Gasteiger partial charge < -0.3 is 19.7 Å². The van der Waals surface area contributed by atoms with Crippen LogP contribution in [0.25, 0.3) is 0 Å². The van der Waals surface area contributed by atoms with Gasteiger partial charge in [0.1, 0.15) is 0 Å². The Kier molecular flexibility index (Phi) is 10.0. The lowest BCUT2D eigenvalue weighted by molar-refractivity contribution is -0.146. The van der Waals surface area contributed by atoms with Crippen molar-refractivity contribution in [2.45, 2.75) is 12.5 Å². The van der Waals surface area contributed by atoms with Crippen LogP contribution in [0.15, 0.2) is 0 Å². The monoisotopic (exact) mass is 238 g/mol. The van der Waals surface area contributed by atoms with Crippen molar-refractivity contribution < 1.29 is 24.5 Å². The third-order valence-corrected chi connectivity index (χ3v) is 2.60. The number of thioether (sulfide) groups is 1. The van der Waals surface area contributed by atoms with Crippen LogP contribution in [-0.4, -0.2) is 60.7 Å². The largest absolute Gasteiger partial charge is 0.479 e. The molecule has 0 rings (SSSR count). The highest BCUT2D eigenvalue weighted by Crippen LogP contribution is 2.04. The molecular formula is C9H18O5S. The number of aliphatic carboxylic acids is 1. The molecule has 0 radical (unpaired) electrons. The molecular weight excluding hydrogens is 220 g/mol. The summed E-state index contributed by atoms with van der Waals surface area (Å²) in [5, 5.41) is 17.3. The van der Waals surface area contributed by atoms with Gasteiger partial charge in [0.2, 0.25) is 0 Å². The van der Waals surface area contributed by atoms with Gasteiger partial charge in [0.25, 0.3) is 0 Å². The van der Waals surface area contributed by atoms with Crippen molar-refractivity contribution in [2.24, 2.45) is 0 Å². The molecule has 15 heavy (non-hydrogen) atoms. The Hall–Kier alpha value is -0.300. The fraction of sp³-hybridized carbons (Fsp3) is 0.889. The molecule has 2 N–H and O–H groups in total. The summed E-state index contributed by atoms with van der Waals surface area (Å²) in [6.07, 6.45) is -0.968. The molecule has 0 aliphatic carbocycles. The van der Waals surface area contributed by atoms with Gasteiger partial charge in [0.15, 0.2) is 6.10 Å². The van der Waals surface area contributed by atoms with E-state index >= 15 is 0 Å². The maximum absolute atomic E-state index is 10.2. The van der Waals surface area contributed by atoms with Crippen LogP contribution in [-0.2, 0) is 14.3 Å². The van der Waals surface area contributed by atoms with E-state index in [0.717, 1.165) is 5.75 Å². The SMILES string of the molecule is COCCOCCSCCC(O)C(=O)O. The normalized spacial score (nSPS) is 12.7. The third kappa shape index (κ3) is 9.99. The van der Waals surface area contributed by atoms with Crippen LogP contribution in [0.1, 0.15) is 6.42 Å². The second-order valence-electron chi connectivity index (χ2n) is 2.86. The minimum absolute atomic E-state index is 0.276. The number of rotatable bonds is 10. The molecule has 0 aliphatic rings.